The van der Waals surface area contributed by atoms with Gasteiger partial charge in [0.25, 0.3) is 0 Å². The van der Waals surface area contributed by atoms with E-state index in [1.807, 2.05) is 0 Å². The van der Waals surface area contributed by atoms with Crippen molar-refractivity contribution in [2.45, 2.75) is 25.1 Å². The van der Waals surface area contributed by atoms with E-state index in [0.717, 1.165) is 12.8 Å². The average molecular weight is 209 g/mol. The number of urea groups is 1. The minimum absolute atomic E-state index is 0.0948. The Morgan fingerprint density at radius 3 is 3.13 bits per heavy atom. The van der Waals surface area contributed by atoms with Crippen molar-refractivity contribution in [2.24, 2.45) is 0 Å². The Kier molecular flexibility index (Phi) is 1.69. The fourth-order valence-corrected chi connectivity index (χ4v) is 2.29. The van der Waals surface area contributed by atoms with Gasteiger partial charge in [-0.05, 0) is 12.8 Å². The normalized spacial score (nSPS) is 30.1. The quantitative estimate of drug-likeness (QED) is 0.654. The van der Waals surface area contributed by atoms with Gasteiger partial charge in [0.05, 0.1) is 6.04 Å². The number of hydrogen-bond acceptors (Lipinski definition) is 4. The molecule has 2 amide bonds. The number of aliphatic hydroxyl groups is 1. The molecule has 3 heterocycles. The predicted octanol–water partition coefficient (Wildman–Crippen LogP) is -0.473. The monoisotopic (exact) mass is 209 g/mol. The molecule has 3 rings (SSSR count). The zero-order valence-corrected chi connectivity index (χ0v) is 8.00. The highest BCUT2D eigenvalue weighted by molar-refractivity contribution is 5.93. The van der Waals surface area contributed by atoms with Crippen LogP contribution in [0.1, 0.15) is 12.8 Å². The lowest BCUT2D eigenvalue weighted by Crippen LogP contribution is -2.37. The van der Waals surface area contributed by atoms with Crippen molar-refractivity contribution in [2.75, 3.05) is 11.4 Å². The summed E-state index contributed by atoms with van der Waals surface area (Å²) in [6.45, 7) is 0.713. The zero-order valence-electron chi connectivity index (χ0n) is 8.00. The maximum atomic E-state index is 11.9. The summed E-state index contributed by atoms with van der Waals surface area (Å²) in [4.78, 5) is 18.7. The zero-order chi connectivity index (χ0) is 10.4. The first-order chi connectivity index (χ1) is 7.29. The van der Waals surface area contributed by atoms with Gasteiger partial charge in [-0.15, -0.1) is 0 Å². The second kappa shape index (κ2) is 2.93. The highest BCUT2D eigenvalue weighted by atomic mass is 16.3. The number of fused-ring (bicyclic) bond motifs is 1. The van der Waals surface area contributed by atoms with E-state index in [0.29, 0.717) is 12.5 Å². The number of nitrogens with one attached hydrogen (secondary N) is 1. The Balaban J connectivity index is 1.95. The molecular formula is C8H11N5O2. The van der Waals surface area contributed by atoms with E-state index < -0.39 is 6.23 Å². The van der Waals surface area contributed by atoms with E-state index in [4.69, 9.17) is 0 Å². The van der Waals surface area contributed by atoms with Gasteiger partial charge in [0.2, 0.25) is 5.95 Å². The average Bonchev–Trinajstić information content (AvgIpc) is 2.89. The van der Waals surface area contributed by atoms with Crippen LogP contribution in [-0.2, 0) is 0 Å². The van der Waals surface area contributed by atoms with Crippen LogP contribution in [0.5, 0.6) is 0 Å². The number of hydrogen-bond donors (Lipinski definition) is 2. The third kappa shape index (κ3) is 1.06. The topological polar surface area (TPSA) is 85.3 Å². The van der Waals surface area contributed by atoms with Crippen molar-refractivity contribution in [3.05, 3.63) is 6.33 Å². The lowest BCUT2D eigenvalue weighted by molar-refractivity contribution is 0.137. The Hall–Kier alpha value is -1.63. The molecule has 0 saturated carbocycles. The first-order valence-electron chi connectivity index (χ1n) is 4.92. The van der Waals surface area contributed by atoms with Crippen LogP contribution in [0.15, 0.2) is 6.33 Å². The van der Waals surface area contributed by atoms with Gasteiger partial charge in [0, 0.05) is 6.54 Å². The van der Waals surface area contributed by atoms with Crippen molar-refractivity contribution in [3.63, 3.8) is 0 Å². The van der Waals surface area contributed by atoms with E-state index in [2.05, 4.69) is 15.2 Å². The Bertz CT molecular complexity index is 378. The lowest BCUT2D eigenvalue weighted by atomic mass is 10.2. The molecule has 1 aromatic rings. The van der Waals surface area contributed by atoms with Crippen LogP contribution in [0.4, 0.5) is 10.7 Å². The second-order valence-corrected chi connectivity index (χ2v) is 3.78. The van der Waals surface area contributed by atoms with Crippen LogP contribution in [0.25, 0.3) is 0 Å². The fourth-order valence-electron chi connectivity index (χ4n) is 2.29. The summed E-state index contributed by atoms with van der Waals surface area (Å²) in [5.74, 6) is 0.307. The Morgan fingerprint density at radius 2 is 2.47 bits per heavy atom. The lowest BCUT2D eigenvalue weighted by Gasteiger charge is -2.17. The van der Waals surface area contributed by atoms with E-state index in [1.54, 1.807) is 4.90 Å². The third-order valence-electron chi connectivity index (χ3n) is 2.99. The van der Waals surface area contributed by atoms with Crippen LogP contribution in [0, 0.1) is 0 Å². The molecular weight excluding hydrogens is 198 g/mol. The van der Waals surface area contributed by atoms with E-state index >= 15 is 0 Å². The molecule has 7 nitrogen and oxygen atoms in total. The molecule has 0 spiro atoms. The van der Waals surface area contributed by atoms with Gasteiger partial charge in [0.15, 0.2) is 6.23 Å². The van der Waals surface area contributed by atoms with Crippen molar-refractivity contribution >= 4 is 12.0 Å². The first-order valence-corrected chi connectivity index (χ1v) is 4.92. The number of nitrogens with zero attached hydrogens (tertiary/aromatic N) is 4. The summed E-state index contributed by atoms with van der Waals surface area (Å²) in [6.07, 6.45) is 2.31. The van der Waals surface area contributed by atoms with Gasteiger partial charge in [-0.3, -0.25) is 0 Å². The molecule has 1 aromatic heterocycles. The Morgan fingerprint density at radius 1 is 1.60 bits per heavy atom. The van der Waals surface area contributed by atoms with Crippen molar-refractivity contribution in [3.8, 4) is 0 Å². The minimum Gasteiger partial charge on any atom is -0.371 e. The summed E-state index contributed by atoms with van der Waals surface area (Å²) in [5.41, 5.74) is 0. The molecule has 2 aliphatic heterocycles. The third-order valence-corrected chi connectivity index (χ3v) is 2.99. The summed E-state index contributed by atoms with van der Waals surface area (Å²) in [5, 5.41) is 16.2. The minimum atomic E-state index is -0.812. The summed E-state index contributed by atoms with van der Waals surface area (Å²) < 4.78 is 0. The Labute approximate surface area is 85.7 Å². The predicted molar refractivity (Wildman–Crippen MR) is 50.0 cm³/mol. The second-order valence-electron chi connectivity index (χ2n) is 3.78. The molecule has 80 valence electrons. The van der Waals surface area contributed by atoms with E-state index in [9.17, 15) is 9.90 Å². The van der Waals surface area contributed by atoms with Gasteiger partial charge < -0.3 is 10.0 Å². The van der Waals surface area contributed by atoms with Crippen LogP contribution in [0.2, 0.25) is 0 Å². The van der Waals surface area contributed by atoms with Crippen molar-refractivity contribution in [1.82, 2.24) is 20.1 Å². The summed E-state index contributed by atoms with van der Waals surface area (Å²) in [6, 6.07) is -0.288. The molecule has 2 fully saturated rings. The number of rotatable bonds is 1. The van der Waals surface area contributed by atoms with Gasteiger partial charge in [-0.25, -0.2) is 14.8 Å². The molecule has 0 aromatic carbocycles. The van der Waals surface area contributed by atoms with Gasteiger partial charge >= 0.3 is 6.03 Å². The molecule has 15 heavy (non-hydrogen) atoms. The summed E-state index contributed by atoms with van der Waals surface area (Å²) >= 11 is 0. The van der Waals surface area contributed by atoms with Crippen LogP contribution in [0.3, 0.4) is 0 Å². The number of H-pyrrole nitrogens is 1. The molecule has 2 N–H and O–H groups in total. The SMILES string of the molecule is O=C1N2CCCC2C(O)N1c1ncn[nH]1. The number of amides is 2. The largest absolute Gasteiger partial charge is 0.371 e. The number of carbonyl (C=O) groups is 1. The molecule has 2 atom stereocenters. The molecule has 2 aliphatic rings. The number of aromatic amines is 1. The highest BCUT2D eigenvalue weighted by Gasteiger charge is 2.48. The maximum absolute atomic E-state index is 11.9. The molecule has 0 radical (unpaired) electrons. The number of aliphatic hydroxyl groups excluding tert-OH is 1. The molecule has 7 heteroatoms. The highest BCUT2D eigenvalue weighted by Crippen LogP contribution is 2.31. The standard InChI is InChI=1S/C8H11N5O2/c14-6-5-2-1-3-12(5)8(15)13(6)7-9-4-10-11-7/h4-6,14H,1-3H2,(H,9,10,11). The smallest absolute Gasteiger partial charge is 0.329 e. The number of carbonyl (C=O) groups excluding carboxylic acids is 1. The van der Waals surface area contributed by atoms with Crippen LogP contribution < -0.4 is 4.90 Å². The van der Waals surface area contributed by atoms with E-state index in [-0.39, 0.29) is 12.1 Å². The molecule has 0 bridgehead atoms. The fraction of sp³-hybridized carbons (Fsp3) is 0.625. The number of aromatic nitrogens is 3. The molecule has 2 saturated heterocycles. The number of anilines is 1. The maximum Gasteiger partial charge on any atom is 0.329 e. The van der Waals surface area contributed by atoms with Gasteiger partial charge in [0.1, 0.15) is 6.33 Å². The van der Waals surface area contributed by atoms with Crippen molar-refractivity contribution in [1.29, 1.82) is 0 Å². The van der Waals surface area contributed by atoms with Crippen LogP contribution >= 0.6 is 0 Å². The van der Waals surface area contributed by atoms with Gasteiger partial charge in [-0.2, -0.15) is 10.1 Å². The first kappa shape index (κ1) is 8.66. The summed E-state index contributed by atoms with van der Waals surface area (Å²) in [7, 11) is 0. The molecule has 2 unspecified atom stereocenters. The van der Waals surface area contributed by atoms with Crippen molar-refractivity contribution < 1.29 is 9.90 Å². The van der Waals surface area contributed by atoms with E-state index in [1.165, 1.54) is 11.2 Å². The van der Waals surface area contributed by atoms with Crippen LogP contribution in [-0.4, -0.2) is 50.0 Å². The molecule has 0 aliphatic carbocycles. The van der Waals surface area contributed by atoms with Gasteiger partial charge in [-0.1, -0.05) is 0 Å².